The Kier molecular flexibility index (Phi) is 6.71. The Labute approximate surface area is 145 Å². The zero-order valence-corrected chi connectivity index (χ0v) is 15.2. The van der Waals surface area contributed by atoms with Gasteiger partial charge in [-0.3, -0.25) is 4.90 Å². The summed E-state index contributed by atoms with van der Waals surface area (Å²) in [5.74, 6) is 0. The number of rotatable bonds is 7. The van der Waals surface area contributed by atoms with Crippen LogP contribution in [-0.2, 0) is 0 Å². The number of anilines is 1. The van der Waals surface area contributed by atoms with Crippen LogP contribution in [0, 0.1) is 13.8 Å². The summed E-state index contributed by atoms with van der Waals surface area (Å²) in [7, 11) is 0. The average Bonchev–Trinajstić information content (AvgIpc) is 2.58. The van der Waals surface area contributed by atoms with Crippen molar-refractivity contribution in [2.24, 2.45) is 5.22 Å². The van der Waals surface area contributed by atoms with Crippen LogP contribution in [0.25, 0.3) is 10.4 Å². The van der Waals surface area contributed by atoms with Gasteiger partial charge < -0.3 is 0 Å². The van der Waals surface area contributed by atoms with Gasteiger partial charge in [-0.05, 0) is 62.5 Å². The van der Waals surface area contributed by atoms with Crippen molar-refractivity contribution in [2.45, 2.75) is 58.9 Å². The van der Waals surface area contributed by atoms with Gasteiger partial charge in [0.15, 0.2) is 0 Å². The van der Waals surface area contributed by atoms with Crippen LogP contribution in [0.2, 0.25) is 0 Å². The van der Waals surface area contributed by atoms with Crippen molar-refractivity contribution in [3.63, 3.8) is 0 Å². The highest BCUT2D eigenvalue weighted by atomic mass is 15.6. The Bertz CT molecular complexity index is 598. The Morgan fingerprint density at radius 3 is 2.71 bits per heavy atom. The van der Waals surface area contributed by atoms with Gasteiger partial charge in [0.1, 0.15) is 11.4 Å². The van der Waals surface area contributed by atoms with Crippen LogP contribution in [0.3, 0.4) is 0 Å². The fraction of sp³-hybridized carbons (Fsp3) is 0.579. The zero-order chi connectivity index (χ0) is 17.5. The van der Waals surface area contributed by atoms with Crippen molar-refractivity contribution in [3.8, 4) is 0 Å². The maximum Gasteiger partial charge on any atom is 0.142 e. The van der Waals surface area contributed by atoms with E-state index in [9.17, 15) is 0 Å². The van der Waals surface area contributed by atoms with Crippen molar-refractivity contribution < 1.29 is 0 Å². The lowest BCUT2D eigenvalue weighted by molar-refractivity contribution is 0.167. The Morgan fingerprint density at radius 1 is 1.38 bits per heavy atom. The highest BCUT2D eigenvalue weighted by Crippen LogP contribution is 2.32. The number of hydrogen-bond donors (Lipinski definition) is 0. The Hall–Kier alpha value is -1.97. The minimum atomic E-state index is 0.245. The molecule has 0 saturated carbocycles. The molecule has 1 fully saturated rings. The predicted octanol–water partition coefficient (Wildman–Crippen LogP) is 5.50. The molecule has 1 atom stereocenters. The van der Waals surface area contributed by atoms with Gasteiger partial charge in [0, 0.05) is 0 Å². The van der Waals surface area contributed by atoms with Crippen LogP contribution >= 0.6 is 0 Å². The highest BCUT2D eigenvalue weighted by Gasteiger charge is 2.31. The first-order valence-corrected chi connectivity index (χ1v) is 8.94. The molecule has 5 heteroatoms. The molecule has 0 aliphatic carbocycles. The van der Waals surface area contributed by atoms with E-state index in [1.54, 1.807) is 5.01 Å². The maximum absolute atomic E-state index is 9.10. The molecule has 1 aliphatic rings. The summed E-state index contributed by atoms with van der Waals surface area (Å²) in [6, 6.07) is 6.37. The largest absolute Gasteiger partial charge is 0.293 e. The summed E-state index contributed by atoms with van der Waals surface area (Å²) in [6.45, 7) is 12.8. The SMILES string of the molecule is C=C([C@@H]1CCCCN1CCCC)N(N=[N+]=[N-])c1c(C)cccc1C. The van der Waals surface area contributed by atoms with E-state index in [0.717, 1.165) is 42.0 Å². The number of azide groups is 1. The van der Waals surface area contributed by atoms with Gasteiger partial charge >= 0.3 is 0 Å². The lowest BCUT2D eigenvalue weighted by Gasteiger charge is -2.37. The molecule has 24 heavy (non-hydrogen) atoms. The quantitative estimate of drug-likeness (QED) is 0.287. The van der Waals surface area contributed by atoms with Gasteiger partial charge in [0.25, 0.3) is 0 Å². The first-order valence-electron chi connectivity index (χ1n) is 8.94. The summed E-state index contributed by atoms with van der Waals surface area (Å²) in [6.07, 6.45) is 5.88. The number of aryl methyl sites for hydroxylation is 2. The first kappa shape index (κ1) is 18.4. The van der Waals surface area contributed by atoms with Gasteiger partial charge in [0.05, 0.1) is 6.04 Å². The van der Waals surface area contributed by atoms with Crippen molar-refractivity contribution in [2.75, 3.05) is 18.1 Å². The van der Waals surface area contributed by atoms with Crippen LogP contribution in [0.1, 0.15) is 50.2 Å². The topological polar surface area (TPSA) is 55.2 Å². The molecule has 0 radical (unpaired) electrons. The first-order chi connectivity index (χ1) is 11.6. The molecule has 1 aromatic rings. The third-order valence-electron chi connectivity index (χ3n) is 4.85. The maximum atomic E-state index is 9.10. The summed E-state index contributed by atoms with van der Waals surface area (Å²) < 4.78 is 0. The fourth-order valence-electron chi connectivity index (χ4n) is 3.56. The normalized spacial score (nSPS) is 18.0. The number of likely N-dealkylation sites (tertiary alicyclic amines) is 1. The Balaban J connectivity index is 2.32. The minimum Gasteiger partial charge on any atom is -0.293 e. The molecule has 0 unspecified atom stereocenters. The molecule has 0 N–H and O–H groups in total. The van der Waals surface area contributed by atoms with Gasteiger partial charge in [-0.15, -0.1) is 5.53 Å². The van der Waals surface area contributed by atoms with E-state index in [4.69, 9.17) is 5.53 Å². The van der Waals surface area contributed by atoms with Gasteiger partial charge in [-0.25, -0.2) is 0 Å². The van der Waals surface area contributed by atoms with Crippen molar-refractivity contribution in [3.05, 3.63) is 52.0 Å². The van der Waals surface area contributed by atoms with Crippen molar-refractivity contribution in [1.82, 2.24) is 4.90 Å². The molecule has 1 aromatic carbocycles. The molecule has 0 amide bonds. The zero-order valence-electron chi connectivity index (χ0n) is 15.2. The van der Waals surface area contributed by atoms with Crippen LogP contribution in [0.15, 0.2) is 35.7 Å². The number of nitrogens with zero attached hydrogens (tertiary/aromatic N) is 5. The molecular weight excluding hydrogens is 298 g/mol. The van der Waals surface area contributed by atoms with Gasteiger partial charge in [0.2, 0.25) is 0 Å². The number of benzene rings is 1. The van der Waals surface area contributed by atoms with E-state index in [1.807, 2.05) is 32.0 Å². The second kappa shape index (κ2) is 8.76. The summed E-state index contributed by atoms with van der Waals surface area (Å²) in [5, 5.41) is 5.72. The second-order valence-electron chi connectivity index (χ2n) is 6.62. The molecule has 1 heterocycles. The van der Waals surface area contributed by atoms with Crippen LogP contribution in [0.5, 0.6) is 0 Å². The van der Waals surface area contributed by atoms with Crippen LogP contribution in [-0.4, -0.2) is 24.0 Å². The number of hydrogen-bond acceptors (Lipinski definition) is 2. The van der Waals surface area contributed by atoms with Gasteiger partial charge in [-0.2, -0.15) is 9.92 Å². The van der Waals surface area contributed by atoms with E-state index in [2.05, 4.69) is 28.5 Å². The number of unbranched alkanes of at least 4 members (excludes halogenated alkanes) is 1. The van der Waals surface area contributed by atoms with E-state index in [1.165, 1.54) is 25.7 Å². The lowest BCUT2D eigenvalue weighted by atomic mass is 9.98. The number of piperidine rings is 1. The molecule has 130 valence electrons. The third-order valence-corrected chi connectivity index (χ3v) is 4.85. The molecule has 0 spiro atoms. The van der Waals surface area contributed by atoms with E-state index < -0.39 is 0 Å². The minimum absolute atomic E-state index is 0.245. The highest BCUT2D eigenvalue weighted by molar-refractivity contribution is 5.62. The predicted molar refractivity (Wildman–Crippen MR) is 101 cm³/mol. The van der Waals surface area contributed by atoms with Crippen LogP contribution < -0.4 is 5.01 Å². The summed E-state index contributed by atoms with van der Waals surface area (Å²) in [5.41, 5.74) is 13.1. The molecule has 0 bridgehead atoms. The van der Waals surface area contributed by atoms with E-state index >= 15 is 0 Å². The van der Waals surface area contributed by atoms with Crippen molar-refractivity contribution in [1.29, 1.82) is 0 Å². The van der Waals surface area contributed by atoms with Crippen molar-refractivity contribution >= 4 is 5.69 Å². The smallest absolute Gasteiger partial charge is 0.142 e. The molecule has 0 aromatic heterocycles. The fourth-order valence-corrected chi connectivity index (χ4v) is 3.56. The lowest BCUT2D eigenvalue weighted by Crippen LogP contribution is -2.44. The molecular formula is C19H29N5. The molecule has 1 saturated heterocycles. The standard InChI is InChI=1S/C19H29N5/c1-5-6-13-23-14-8-7-12-18(23)17(4)24(22-21-20)19-15(2)10-9-11-16(19)3/h9-11,18H,4-8,12-14H2,1-3H3/t18-/m0/s1. The van der Waals surface area contributed by atoms with Crippen LogP contribution in [0.4, 0.5) is 5.69 Å². The molecule has 2 rings (SSSR count). The number of para-hydroxylation sites is 1. The van der Waals surface area contributed by atoms with E-state index in [0.29, 0.717) is 0 Å². The summed E-state index contributed by atoms with van der Waals surface area (Å²) in [4.78, 5) is 5.57. The second-order valence-corrected chi connectivity index (χ2v) is 6.62. The summed E-state index contributed by atoms with van der Waals surface area (Å²) >= 11 is 0. The average molecular weight is 327 g/mol. The van der Waals surface area contributed by atoms with E-state index in [-0.39, 0.29) is 6.04 Å². The monoisotopic (exact) mass is 327 g/mol. The van der Waals surface area contributed by atoms with Gasteiger partial charge in [-0.1, -0.05) is 44.5 Å². The molecule has 5 nitrogen and oxygen atoms in total. The molecule has 1 aliphatic heterocycles. The Morgan fingerprint density at radius 2 is 2.08 bits per heavy atom. The third kappa shape index (κ3) is 4.11.